The summed E-state index contributed by atoms with van der Waals surface area (Å²) in [5, 5.41) is 35.4. The average molecular weight is 276 g/mol. The average Bonchev–Trinajstić information content (AvgIpc) is 2.39. The second-order valence-corrected chi connectivity index (χ2v) is 2.82. The van der Waals surface area contributed by atoms with Crippen molar-refractivity contribution in [1.82, 2.24) is 21.3 Å². The predicted molar refractivity (Wildman–Crippen MR) is 69.8 cm³/mol. The summed E-state index contributed by atoms with van der Waals surface area (Å²) in [5.41, 5.74) is 10.6. The quantitative estimate of drug-likeness (QED) is 0.131. The van der Waals surface area contributed by atoms with E-state index in [9.17, 15) is 0 Å². The van der Waals surface area contributed by atoms with Crippen molar-refractivity contribution in [1.29, 1.82) is 15.8 Å². The first-order valence-corrected chi connectivity index (χ1v) is 5.00. The fourth-order valence-corrected chi connectivity index (χ4v) is 0.815. The first kappa shape index (κ1) is 16.3. The van der Waals surface area contributed by atoms with E-state index >= 15 is 0 Å². The Morgan fingerprint density at radius 3 is 1.50 bits per heavy atom. The maximum atomic E-state index is 8.48. The molecule has 0 amide bonds. The normalized spacial score (nSPS) is 11.6. The minimum atomic E-state index is -0.0835. The van der Waals surface area contributed by atoms with Crippen LogP contribution in [0.2, 0.25) is 0 Å². The summed E-state index contributed by atoms with van der Waals surface area (Å²) in [6.45, 7) is 0.151. The Morgan fingerprint density at radius 2 is 1.15 bits per heavy atom. The molecule has 0 saturated carbocycles. The molecule has 0 spiro atoms. The van der Waals surface area contributed by atoms with Crippen LogP contribution >= 0.6 is 0 Å². The van der Waals surface area contributed by atoms with Crippen LogP contribution in [0, 0.1) is 34.4 Å². The highest BCUT2D eigenvalue weighted by Gasteiger charge is 1.98. The van der Waals surface area contributed by atoms with Gasteiger partial charge in [-0.1, -0.05) is 0 Å². The lowest BCUT2D eigenvalue weighted by molar-refractivity contribution is 0.752. The first-order valence-electron chi connectivity index (χ1n) is 5.00. The minimum absolute atomic E-state index is 0.0757. The Kier molecular flexibility index (Phi) is 8.49. The number of aliphatic imine (C=N–C) groups is 3. The number of nitrogens with two attached hydrogens (primary N) is 2. The molecule has 0 radical (unpaired) electrons. The van der Waals surface area contributed by atoms with Gasteiger partial charge in [-0.15, -0.1) is 15.0 Å². The number of hydrogen-bond acceptors (Lipinski definition) is 6. The van der Waals surface area contributed by atoms with Gasteiger partial charge in [-0.25, -0.2) is 0 Å². The molecule has 0 aromatic rings. The second kappa shape index (κ2) is 10.4. The molecule has 0 aliphatic carbocycles. The van der Waals surface area contributed by atoms with Crippen LogP contribution in [-0.2, 0) is 0 Å². The van der Waals surface area contributed by atoms with Crippen LogP contribution in [0.15, 0.2) is 15.0 Å². The molecule has 0 rings (SSSR count). The van der Waals surface area contributed by atoms with Gasteiger partial charge in [0.1, 0.15) is 0 Å². The van der Waals surface area contributed by atoms with Crippen molar-refractivity contribution in [2.45, 2.75) is 0 Å². The van der Waals surface area contributed by atoms with Crippen molar-refractivity contribution >= 4 is 17.9 Å². The maximum Gasteiger partial charge on any atom is 0.210 e. The van der Waals surface area contributed by atoms with Crippen LogP contribution in [-0.4, -0.2) is 31.2 Å². The molecule has 0 aliphatic heterocycles. The first-order chi connectivity index (χ1) is 9.63. The lowest BCUT2D eigenvalue weighted by Gasteiger charge is -2.12. The Labute approximate surface area is 114 Å². The molecule has 104 valence electrons. The van der Waals surface area contributed by atoms with Crippen molar-refractivity contribution in [3.05, 3.63) is 0 Å². The smallest absolute Gasteiger partial charge is 0.210 e. The molecule has 0 bridgehead atoms. The molecule has 0 fully saturated rings. The van der Waals surface area contributed by atoms with Crippen molar-refractivity contribution in [2.75, 3.05) is 13.3 Å². The fourth-order valence-electron chi connectivity index (χ4n) is 0.815. The SMILES string of the molecule is N#C/N=C(/N)NCN/C(=N/C#N)NCN/C(N)=N/C#N. The van der Waals surface area contributed by atoms with E-state index < -0.39 is 0 Å². The van der Waals surface area contributed by atoms with Gasteiger partial charge < -0.3 is 32.7 Å². The molecule has 0 aliphatic rings. The molecule has 12 heteroatoms. The number of hydrogen-bond donors (Lipinski definition) is 6. The molecule has 0 atom stereocenters. The number of guanidine groups is 3. The van der Waals surface area contributed by atoms with Crippen LogP contribution in [0.5, 0.6) is 0 Å². The van der Waals surface area contributed by atoms with E-state index in [1.165, 1.54) is 12.4 Å². The van der Waals surface area contributed by atoms with Gasteiger partial charge in [0.2, 0.25) is 36.5 Å². The Bertz CT molecular complexity index is 471. The van der Waals surface area contributed by atoms with E-state index in [0.717, 1.165) is 0 Å². The van der Waals surface area contributed by atoms with E-state index in [1.807, 2.05) is 0 Å². The molecule has 12 nitrogen and oxygen atoms in total. The molecule has 0 heterocycles. The molecule has 8 N–H and O–H groups in total. The number of nitrogens with one attached hydrogen (secondary N) is 4. The highest BCUT2D eigenvalue weighted by Crippen LogP contribution is 1.69. The molecule has 0 aromatic heterocycles. The summed E-state index contributed by atoms with van der Waals surface area (Å²) in [7, 11) is 0. The van der Waals surface area contributed by atoms with Gasteiger partial charge in [0.05, 0.1) is 13.3 Å². The van der Waals surface area contributed by atoms with Crippen LogP contribution in [0.4, 0.5) is 0 Å². The third kappa shape index (κ3) is 8.43. The number of nitriles is 3. The van der Waals surface area contributed by atoms with Crippen molar-refractivity contribution in [3.8, 4) is 18.6 Å². The van der Waals surface area contributed by atoms with Gasteiger partial charge in [0, 0.05) is 0 Å². The lowest BCUT2D eigenvalue weighted by Crippen LogP contribution is -2.49. The van der Waals surface area contributed by atoms with Gasteiger partial charge in [0.25, 0.3) is 0 Å². The maximum absolute atomic E-state index is 8.48. The third-order valence-corrected chi connectivity index (χ3v) is 1.55. The van der Waals surface area contributed by atoms with Crippen molar-refractivity contribution < 1.29 is 0 Å². The van der Waals surface area contributed by atoms with Gasteiger partial charge in [0.15, 0.2) is 0 Å². The summed E-state index contributed by atoms with van der Waals surface area (Å²) in [4.78, 5) is 9.88. The van der Waals surface area contributed by atoms with Crippen LogP contribution in [0.1, 0.15) is 0 Å². The monoisotopic (exact) mass is 276 g/mol. The van der Waals surface area contributed by atoms with Crippen LogP contribution in [0.25, 0.3) is 0 Å². The summed E-state index contributed by atoms with van der Waals surface area (Å²) < 4.78 is 0. The Balaban J connectivity index is 4.15. The highest BCUT2D eigenvalue weighted by atomic mass is 15.3. The van der Waals surface area contributed by atoms with Gasteiger partial charge in [-0.05, 0) is 0 Å². The summed E-state index contributed by atoms with van der Waals surface area (Å²) in [5.74, 6) is -0.0540. The molecule has 0 saturated heterocycles. The van der Waals surface area contributed by atoms with E-state index in [-0.39, 0.29) is 31.2 Å². The van der Waals surface area contributed by atoms with Crippen molar-refractivity contribution in [3.63, 3.8) is 0 Å². The molecule has 20 heavy (non-hydrogen) atoms. The number of nitrogens with zero attached hydrogens (tertiary/aromatic N) is 6. The third-order valence-electron chi connectivity index (χ3n) is 1.55. The van der Waals surface area contributed by atoms with E-state index in [2.05, 4.69) is 36.2 Å². The summed E-state index contributed by atoms with van der Waals surface area (Å²) in [6.07, 6.45) is 4.58. The standard InChI is InChI=1S/C8H12N12/c9-1-14-6(12)17-4-19-8(16-3-11)20-5-18-7(13)15-2-10/h4-5H2,(H3,12,14,17)(H3,13,15,18)(H2,16,19,20). The topological polar surface area (TPSA) is 209 Å². The largest absolute Gasteiger partial charge is 0.369 e. The predicted octanol–water partition coefficient (Wildman–Crippen LogP) is -3.31. The van der Waals surface area contributed by atoms with E-state index in [4.69, 9.17) is 27.3 Å². The van der Waals surface area contributed by atoms with Gasteiger partial charge >= 0.3 is 0 Å². The minimum Gasteiger partial charge on any atom is -0.369 e. The zero-order valence-electron chi connectivity index (χ0n) is 10.3. The van der Waals surface area contributed by atoms with E-state index in [0.29, 0.717) is 0 Å². The van der Waals surface area contributed by atoms with Gasteiger partial charge in [-0.2, -0.15) is 15.8 Å². The molecule has 0 aromatic carbocycles. The summed E-state index contributed by atoms with van der Waals surface area (Å²) in [6, 6.07) is 0. The van der Waals surface area contributed by atoms with Crippen molar-refractivity contribution in [2.24, 2.45) is 26.4 Å². The lowest BCUT2D eigenvalue weighted by atomic mass is 10.8. The summed E-state index contributed by atoms with van der Waals surface area (Å²) >= 11 is 0. The van der Waals surface area contributed by atoms with Gasteiger partial charge in [-0.3, -0.25) is 0 Å². The Hall–Kier alpha value is -3.72. The van der Waals surface area contributed by atoms with Crippen LogP contribution in [0.3, 0.4) is 0 Å². The zero-order chi connectivity index (χ0) is 15.2. The van der Waals surface area contributed by atoms with E-state index in [1.54, 1.807) is 6.19 Å². The zero-order valence-corrected chi connectivity index (χ0v) is 10.3. The molecule has 0 unspecified atom stereocenters. The highest BCUT2D eigenvalue weighted by molar-refractivity contribution is 5.83. The number of rotatable bonds is 4. The van der Waals surface area contributed by atoms with Crippen LogP contribution < -0.4 is 32.7 Å². The Morgan fingerprint density at radius 1 is 0.750 bits per heavy atom. The second-order valence-electron chi connectivity index (χ2n) is 2.82. The fraction of sp³-hybridized carbons (Fsp3) is 0.250. The molecular weight excluding hydrogens is 264 g/mol. The molecular formula is C8H12N12.